The molecule has 3 rings (SSSR count). The van der Waals surface area contributed by atoms with Gasteiger partial charge in [-0.15, -0.1) is 0 Å². The van der Waals surface area contributed by atoms with E-state index in [0.717, 1.165) is 28.8 Å². The van der Waals surface area contributed by atoms with E-state index >= 15 is 0 Å². The van der Waals surface area contributed by atoms with Gasteiger partial charge in [0.1, 0.15) is 0 Å². The number of hydrogen-bond acceptors (Lipinski definition) is 1. The number of hydrogen-bond donors (Lipinski definition) is 0. The van der Waals surface area contributed by atoms with Crippen LogP contribution in [-0.2, 0) is 9.98 Å². The Balaban J connectivity index is 2.03. The molecule has 0 fully saturated rings. The van der Waals surface area contributed by atoms with Gasteiger partial charge in [-0.05, 0) is 35.3 Å². The largest absolute Gasteiger partial charge is 0.309 e. The van der Waals surface area contributed by atoms with Gasteiger partial charge in [0.05, 0.1) is 0 Å². The molecule has 170 valence electrons. The van der Waals surface area contributed by atoms with E-state index in [1.54, 1.807) is 0 Å². The molecule has 0 aliphatic carbocycles. The Morgan fingerprint density at radius 3 is 1.81 bits per heavy atom. The minimum absolute atomic E-state index is 0.125. The third-order valence-electron chi connectivity index (χ3n) is 6.82. The summed E-state index contributed by atoms with van der Waals surface area (Å²) in [6.07, 6.45) is 5.95. The van der Waals surface area contributed by atoms with E-state index in [-0.39, 0.29) is 5.41 Å². The van der Waals surface area contributed by atoms with Crippen molar-refractivity contribution in [2.45, 2.75) is 78.1 Å². The first-order valence-corrected chi connectivity index (χ1v) is 13.9. The Morgan fingerprint density at radius 1 is 0.750 bits per heavy atom. The van der Waals surface area contributed by atoms with Gasteiger partial charge in [0, 0.05) is 15.9 Å². The standard InChI is InChI=1S/C30H39OP/c1-6-8-12-24(3)25-15-19-28(20-16-25)32(31,27-13-10-9-11-14-27)29-21-17-26(18-22-29)30(4,5)23-7-2/h9-11,13-22,24H,6-8,12,23H2,1-5H3. The monoisotopic (exact) mass is 446 g/mol. The molecule has 2 unspecified atom stereocenters. The minimum atomic E-state index is -2.94. The minimum Gasteiger partial charge on any atom is -0.309 e. The predicted octanol–water partition coefficient (Wildman–Crippen LogP) is 7.70. The summed E-state index contributed by atoms with van der Waals surface area (Å²) in [5.74, 6) is 0.528. The second kappa shape index (κ2) is 10.7. The summed E-state index contributed by atoms with van der Waals surface area (Å²) in [6, 6.07) is 27.1. The molecule has 0 aliphatic rings. The van der Waals surface area contributed by atoms with Crippen molar-refractivity contribution in [3.05, 3.63) is 90.0 Å². The fourth-order valence-corrected chi connectivity index (χ4v) is 7.29. The van der Waals surface area contributed by atoms with Crippen molar-refractivity contribution < 1.29 is 4.57 Å². The van der Waals surface area contributed by atoms with Crippen LogP contribution < -0.4 is 15.9 Å². The van der Waals surface area contributed by atoms with E-state index in [9.17, 15) is 4.57 Å². The molecule has 32 heavy (non-hydrogen) atoms. The molecule has 3 aromatic carbocycles. The molecule has 0 radical (unpaired) electrons. The Kier molecular flexibility index (Phi) is 8.18. The van der Waals surface area contributed by atoms with Crippen LogP contribution in [0.25, 0.3) is 0 Å². The predicted molar refractivity (Wildman–Crippen MR) is 142 cm³/mol. The molecule has 0 aliphatic heterocycles. The fourth-order valence-electron chi connectivity index (χ4n) is 4.67. The molecular weight excluding hydrogens is 407 g/mol. The van der Waals surface area contributed by atoms with Gasteiger partial charge < -0.3 is 4.57 Å². The average molecular weight is 447 g/mol. The zero-order valence-electron chi connectivity index (χ0n) is 20.5. The highest BCUT2D eigenvalue weighted by Crippen LogP contribution is 2.43. The zero-order chi connectivity index (χ0) is 23.2. The van der Waals surface area contributed by atoms with E-state index in [1.807, 2.05) is 30.3 Å². The first kappa shape index (κ1) is 24.5. The van der Waals surface area contributed by atoms with Crippen molar-refractivity contribution in [1.82, 2.24) is 0 Å². The Morgan fingerprint density at radius 2 is 1.28 bits per heavy atom. The molecule has 3 aromatic rings. The lowest BCUT2D eigenvalue weighted by molar-refractivity contribution is 0.473. The molecule has 0 aromatic heterocycles. The van der Waals surface area contributed by atoms with Crippen molar-refractivity contribution in [2.24, 2.45) is 0 Å². The Hall–Kier alpha value is -2.11. The topological polar surface area (TPSA) is 17.1 Å². The van der Waals surface area contributed by atoms with Gasteiger partial charge in [-0.25, -0.2) is 0 Å². The van der Waals surface area contributed by atoms with Crippen LogP contribution in [0.3, 0.4) is 0 Å². The number of unbranched alkanes of at least 4 members (excludes halogenated alkanes) is 1. The molecule has 2 heteroatoms. The summed E-state index contributed by atoms with van der Waals surface area (Å²) in [5.41, 5.74) is 2.77. The number of rotatable bonds is 10. The van der Waals surface area contributed by atoms with Crippen molar-refractivity contribution >= 4 is 23.1 Å². The second-order valence-corrected chi connectivity index (χ2v) is 12.5. The molecule has 0 saturated carbocycles. The molecule has 0 heterocycles. The van der Waals surface area contributed by atoms with Crippen LogP contribution in [-0.4, -0.2) is 0 Å². The second-order valence-electron chi connectivity index (χ2n) is 9.76. The average Bonchev–Trinajstić information content (AvgIpc) is 2.82. The zero-order valence-corrected chi connectivity index (χ0v) is 21.4. The van der Waals surface area contributed by atoms with Gasteiger partial charge in [0.2, 0.25) is 0 Å². The lowest BCUT2D eigenvalue weighted by Gasteiger charge is -2.26. The van der Waals surface area contributed by atoms with Crippen LogP contribution in [0.1, 0.15) is 83.8 Å². The highest BCUT2D eigenvalue weighted by atomic mass is 31.2. The van der Waals surface area contributed by atoms with Crippen LogP contribution in [0, 0.1) is 0 Å². The molecule has 0 spiro atoms. The van der Waals surface area contributed by atoms with Gasteiger partial charge in [0.15, 0.2) is 7.14 Å². The van der Waals surface area contributed by atoms with Gasteiger partial charge in [-0.3, -0.25) is 0 Å². The third kappa shape index (κ3) is 5.26. The summed E-state index contributed by atoms with van der Waals surface area (Å²) < 4.78 is 14.8. The van der Waals surface area contributed by atoms with Crippen LogP contribution in [0.15, 0.2) is 78.9 Å². The molecule has 2 atom stereocenters. The lowest BCUT2D eigenvalue weighted by atomic mass is 9.81. The first-order chi connectivity index (χ1) is 15.3. The quantitative estimate of drug-likeness (QED) is 0.292. The highest BCUT2D eigenvalue weighted by Gasteiger charge is 2.30. The van der Waals surface area contributed by atoms with Gasteiger partial charge in [0.25, 0.3) is 0 Å². The van der Waals surface area contributed by atoms with E-state index in [1.165, 1.54) is 30.4 Å². The normalized spacial score (nSPS) is 14.7. The van der Waals surface area contributed by atoms with Crippen LogP contribution in [0.4, 0.5) is 0 Å². The lowest BCUT2D eigenvalue weighted by Crippen LogP contribution is -2.26. The van der Waals surface area contributed by atoms with Crippen molar-refractivity contribution in [3.63, 3.8) is 0 Å². The van der Waals surface area contributed by atoms with Gasteiger partial charge >= 0.3 is 0 Å². The van der Waals surface area contributed by atoms with E-state index in [2.05, 4.69) is 83.1 Å². The third-order valence-corrected chi connectivity index (χ3v) is 9.90. The Bertz CT molecular complexity index is 1020. The summed E-state index contributed by atoms with van der Waals surface area (Å²) >= 11 is 0. The van der Waals surface area contributed by atoms with Crippen molar-refractivity contribution in [3.8, 4) is 0 Å². The maximum absolute atomic E-state index is 14.8. The first-order valence-electron chi connectivity index (χ1n) is 12.2. The molecular formula is C30H39OP. The molecule has 0 N–H and O–H groups in total. The summed E-state index contributed by atoms with van der Waals surface area (Å²) in [5, 5.41) is 2.72. The molecule has 0 bridgehead atoms. The molecule has 0 amide bonds. The maximum atomic E-state index is 14.8. The van der Waals surface area contributed by atoms with Crippen LogP contribution >= 0.6 is 7.14 Å². The fraction of sp³-hybridized carbons (Fsp3) is 0.400. The van der Waals surface area contributed by atoms with E-state index in [0.29, 0.717) is 5.92 Å². The summed E-state index contributed by atoms with van der Waals surface area (Å²) in [4.78, 5) is 0. The highest BCUT2D eigenvalue weighted by molar-refractivity contribution is 7.85. The van der Waals surface area contributed by atoms with Gasteiger partial charge in [-0.1, -0.05) is 133 Å². The molecule has 1 nitrogen and oxygen atoms in total. The molecule has 0 saturated heterocycles. The SMILES string of the molecule is CCCCC(C)c1ccc(P(=O)(c2ccccc2)c2ccc(C(C)(C)CCC)cc2)cc1. The Labute approximate surface area is 195 Å². The van der Waals surface area contributed by atoms with E-state index in [4.69, 9.17) is 0 Å². The van der Waals surface area contributed by atoms with Crippen molar-refractivity contribution in [1.29, 1.82) is 0 Å². The van der Waals surface area contributed by atoms with Crippen LogP contribution in [0.5, 0.6) is 0 Å². The smallest absolute Gasteiger partial charge is 0.171 e. The van der Waals surface area contributed by atoms with E-state index < -0.39 is 7.14 Å². The maximum Gasteiger partial charge on any atom is 0.171 e. The van der Waals surface area contributed by atoms with Crippen LogP contribution in [0.2, 0.25) is 0 Å². The summed E-state index contributed by atoms with van der Waals surface area (Å²) in [6.45, 7) is 11.3. The van der Waals surface area contributed by atoms with Gasteiger partial charge in [-0.2, -0.15) is 0 Å². The van der Waals surface area contributed by atoms with Crippen molar-refractivity contribution in [2.75, 3.05) is 0 Å². The number of benzene rings is 3. The summed E-state index contributed by atoms with van der Waals surface area (Å²) in [7, 11) is -2.94.